The molecule has 1 heterocycles. The van der Waals surface area contributed by atoms with Gasteiger partial charge in [-0.05, 0) is 24.3 Å². The van der Waals surface area contributed by atoms with E-state index in [9.17, 15) is 18.0 Å². The van der Waals surface area contributed by atoms with Gasteiger partial charge in [-0.15, -0.1) is 0 Å². The molecule has 2 amide bonds. The summed E-state index contributed by atoms with van der Waals surface area (Å²) in [6.45, 7) is -1.40. The lowest BCUT2D eigenvalue weighted by Gasteiger charge is -2.11. The molecule has 0 unspecified atom stereocenters. The molecule has 0 saturated heterocycles. The summed E-state index contributed by atoms with van der Waals surface area (Å²) in [5.41, 5.74) is 0.311. The molecular weight excluding hydrogens is 299 g/mol. The number of carbonyl (C=O) groups excluding carboxylic acids is 1. The van der Waals surface area contributed by atoms with Gasteiger partial charge in [-0.2, -0.15) is 13.2 Å². The number of ether oxygens (including phenoxy) is 1. The lowest BCUT2D eigenvalue weighted by Crippen LogP contribution is -2.36. The van der Waals surface area contributed by atoms with Crippen molar-refractivity contribution >= 4 is 11.7 Å². The zero-order chi connectivity index (χ0) is 16.0. The van der Waals surface area contributed by atoms with Gasteiger partial charge in [-0.1, -0.05) is 6.07 Å². The average molecular weight is 311 g/mol. The van der Waals surface area contributed by atoms with Gasteiger partial charge in [0.15, 0.2) is 0 Å². The van der Waals surface area contributed by atoms with E-state index in [1.54, 1.807) is 42.0 Å². The molecule has 0 bridgehead atoms. The molecule has 0 atom stereocenters. The van der Waals surface area contributed by atoms with Crippen LogP contribution in [0.3, 0.4) is 0 Å². The van der Waals surface area contributed by atoms with Gasteiger partial charge in [0.1, 0.15) is 18.0 Å². The predicted octanol–water partition coefficient (Wildman–Crippen LogP) is 3.56. The number of halogens is 3. The normalized spacial score (nSPS) is 10.9. The second-order valence-corrected chi connectivity index (χ2v) is 4.24. The largest absolute Gasteiger partial charge is 0.457 e. The molecule has 2 rings (SSSR count). The summed E-state index contributed by atoms with van der Waals surface area (Å²) >= 11 is 0. The number of hydrogen-bond donors (Lipinski definition) is 2. The van der Waals surface area contributed by atoms with Crippen molar-refractivity contribution in [1.29, 1.82) is 0 Å². The van der Waals surface area contributed by atoms with Crippen molar-refractivity contribution in [2.75, 3.05) is 11.9 Å². The topological polar surface area (TPSA) is 63.2 Å². The number of carbonyl (C=O) groups is 1. The Labute approximate surface area is 124 Å². The first kappa shape index (κ1) is 15.6. The number of rotatable bonds is 4. The number of aromatic nitrogens is 1. The van der Waals surface area contributed by atoms with Crippen LogP contribution in [0.25, 0.3) is 0 Å². The Kier molecular flexibility index (Phi) is 4.82. The van der Waals surface area contributed by atoms with Crippen LogP contribution in [0, 0.1) is 0 Å². The van der Waals surface area contributed by atoms with E-state index in [2.05, 4.69) is 10.3 Å². The number of anilines is 1. The fourth-order valence-electron chi connectivity index (χ4n) is 1.54. The fraction of sp³-hybridized carbons (Fsp3) is 0.143. The molecule has 0 fully saturated rings. The number of hydrogen-bond acceptors (Lipinski definition) is 3. The van der Waals surface area contributed by atoms with Gasteiger partial charge < -0.3 is 15.4 Å². The van der Waals surface area contributed by atoms with E-state index >= 15 is 0 Å². The number of nitrogens with one attached hydrogen (secondary N) is 2. The van der Waals surface area contributed by atoms with E-state index in [0.29, 0.717) is 17.2 Å². The second-order valence-electron chi connectivity index (χ2n) is 4.24. The summed E-state index contributed by atoms with van der Waals surface area (Å²) in [7, 11) is 0. The Balaban J connectivity index is 1.95. The highest BCUT2D eigenvalue weighted by Gasteiger charge is 2.27. The van der Waals surface area contributed by atoms with Crippen LogP contribution in [0.1, 0.15) is 0 Å². The Morgan fingerprint density at radius 3 is 2.55 bits per heavy atom. The van der Waals surface area contributed by atoms with Gasteiger partial charge >= 0.3 is 12.2 Å². The van der Waals surface area contributed by atoms with Crippen LogP contribution >= 0.6 is 0 Å². The van der Waals surface area contributed by atoms with Crippen LogP contribution in [0.2, 0.25) is 0 Å². The summed E-state index contributed by atoms with van der Waals surface area (Å²) in [4.78, 5) is 15.2. The Bertz CT molecular complexity index is 633. The number of benzene rings is 1. The van der Waals surface area contributed by atoms with Crippen molar-refractivity contribution < 1.29 is 22.7 Å². The standard InChI is InChI=1S/C14H12F3N3O2/c15-14(16,17)9-19-13(21)20-10-2-1-3-12(8-10)22-11-4-6-18-7-5-11/h1-8H,9H2,(H2,19,20,21). The number of urea groups is 1. The third-order valence-corrected chi connectivity index (χ3v) is 2.43. The first-order valence-electron chi connectivity index (χ1n) is 6.22. The fourth-order valence-corrected chi connectivity index (χ4v) is 1.54. The predicted molar refractivity (Wildman–Crippen MR) is 73.8 cm³/mol. The molecule has 8 heteroatoms. The van der Waals surface area contributed by atoms with Crippen LogP contribution in [-0.4, -0.2) is 23.7 Å². The van der Waals surface area contributed by atoms with Crippen molar-refractivity contribution in [3.8, 4) is 11.5 Å². The van der Waals surface area contributed by atoms with Crippen LogP contribution in [0.15, 0.2) is 48.8 Å². The zero-order valence-corrected chi connectivity index (χ0v) is 11.2. The Morgan fingerprint density at radius 2 is 1.86 bits per heavy atom. The Morgan fingerprint density at radius 1 is 1.14 bits per heavy atom. The molecule has 0 aliphatic carbocycles. The van der Waals surface area contributed by atoms with Crippen molar-refractivity contribution in [2.24, 2.45) is 0 Å². The van der Waals surface area contributed by atoms with Crippen molar-refractivity contribution in [3.63, 3.8) is 0 Å². The molecule has 5 nitrogen and oxygen atoms in total. The summed E-state index contributed by atoms with van der Waals surface area (Å²) in [5, 5.41) is 4.01. The highest BCUT2D eigenvalue weighted by molar-refractivity contribution is 5.89. The van der Waals surface area contributed by atoms with E-state index in [0.717, 1.165) is 0 Å². The van der Waals surface area contributed by atoms with Gasteiger partial charge in [0.05, 0.1) is 0 Å². The number of pyridine rings is 1. The second kappa shape index (κ2) is 6.79. The minimum atomic E-state index is -4.45. The van der Waals surface area contributed by atoms with Gasteiger partial charge in [-0.25, -0.2) is 4.79 Å². The first-order chi connectivity index (χ1) is 10.4. The summed E-state index contributed by atoms with van der Waals surface area (Å²) in [5.74, 6) is 0.980. The molecule has 0 spiro atoms. The monoisotopic (exact) mass is 311 g/mol. The summed E-state index contributed by atoms with van der Waals surface area (Å²) < 4.78 is 41.5. The smallest absolute Gasteiger partial charge is 0.405 e. The maximum absolute atomic E-state index is 12.0. The van der Waals surface area contributed by atoms with Crippen molar-refractivity contribution in [3.05, 3.63) is 48.8 Å². The zero-order valence-electron chi connectivity index (χ0n) is 11.2. The minimum Gasteiger partial charge on any atom is -0.457 e. The highest BCUT2D eigenvalue weighted by Crippen LogP contribution is 2.23. The molecule has 1 aromatic heterocycles. The van der Waals surface area contributed by atoms with Crippen molar-refractivity contribution in [2.45, 2.75) is 6.18 Å². The number of nitrogens with zero attached hydrogens (tertiary/aromatic N) is 1. The van der Waals surface area contributed by atoms with Crippen molar-refractivity contribution in [1.82, 2.24) is 10.3 Å². The van der Waals surface area contributed by atoms with Crippen LogP contribution < -0.4 is 15.4 Å². The minimum absolute atomic E-state index is 0.311. The van der Waals surface area contributed by atoms with Crippen LogP contribution in [0.4, 0.5) is 23.7 Å². The van der Waals surface area contributed by atoms with E-state index in [-0.39, 0.29) is 0 Å². The quantitative estimate of drug-likeness (QED) is 0.907. The molecular formula is C14H12F3N3O2. The number of alkyl halides is 3. The number of amides is 2. The molecule has 2 N–H and O–H groups in total. The molecule has 0 saturated carbocycles. The summed E-state index contributed by atoms with van der Waals surface area (Å²) in [6.07, 6.45) is -1.34. The molecule has 1 aromatic carbocycles. The molecule has 0 aliphatic heterocycles. The van der Waals surface area contributed by atoms with Gasteiger partial charge in [-0.3, -0.25) is 4.98 Å². The lowest BCUT2D eigenvalue weighted by molar-refractivity contribution is -0.122. The van der Waals surface area contributed by atoms with E-state index in [1.165, 1.54) is 12.1 Å². The maximum atomic E-state index is 12.0. The Hall–Kier alpha value is -2.77. The van der Waals surface area contributed by atoms with Crippen LogP contribution in [-0.2, 0) is 0 Å². The molecule has 2 aromatic rings. The molecule has 22 heavy (non-hydrogen) atoms. The first-order valence-corrected chi connectivity index (χ1v) is 6.22. The molecule has 116 valence electrons. The van der Waals surface area contributed by atoms with Gasteiger partial charge in [0, 0.05) is 24.1 Å². The van der Waals surface area contributed by atoms with E-state index < -0.39 is 18.8 Å². The third-order valence-electron chi connectivity index (χ3n) is 2.43. The molecule has 0 radical (unpaired) electrons. The third kappa shape index (κ3) is 5.31. The maximum Gasteiger partial charge on any atom is 0.405 e. The molecule has 0 aliphatic rings. The highest BCUT2D eigenvalue weighted by atomic mass is 19.4. The lowest BCUT2D eigenvalue weighted by atomic mass is 10.3. The van der Waals surface area contributed by atoms with Gasteiger partial charge in [0.2, 0.25) is 0 Å². The van der Waals surface area contributed by atoms with E-state index in [1.807, 2.05) is 0 Å². The van der Waals surface area contributed by atoms with E-state index in [4.69, 9.17) is 4.74 Å². The summed E-state index contributed by atoms with van der Waals surface area (Å²) in [6, 6.07) is 8.64. The van der Waals surface area contributed by atoms with Crippen LogP contribution in [0.5, 0.6) is 11.5 Å². The SMILES string of the molecule is O=C(NCC(F)(F)F)Nc1cccc(Oc2ccncc2)c1. The average Bonchev–Trinajstić information content (AvgIpc) is 2.46. The van der Waals surface area contributed by atoms with Gasteiger partial charge in [0.25, 0.3) is 0 Å².